The molecule has 0 aliphatic rings. The second-order valence-electron chi connectivity index (χ2n) is 6.11. The fourth-order valence-corrected chi connectivity index (χ4v) is 3.16. The van der Waals surface area contributed by atoms with E-state index in [0.29, 0.717) is 17.0 Å². The summed E-state index contributed by atoms with van der Waals surface area (Å²) in [4.78, 5) is 17.9. The Labute approximate surface area is 128 Å². The molecule has 0 aliphatic carbocycles. The number of nitrogens with two attached hydrogens (primary N) is 1. The van der Waals surface area contributed by atoms with Crippen LogP contribution < -0.4 is 11.1 Å². The van der Waals surface area contributed by atoms with Crippen LogP contribution in [0.5, 0.6) is 0 Å². The molecule has 6 heteroatoms. The quantitative estimate of drug-likeness (QED) is 0.809. The highest BCUT2D eigenvalue weighted by Gasteiger charge is 2.27. The predicted octanol–water partition coefficient (Wildman–Crippen LogP) is 2.41. The number of hydrogen-bond acceptors (Lipinski definition) is 5. The predicted molar refractivity (Wildman–Crippen MR) is 86.4 cm³/mol. The highest BCUT2D eigenvalue weighted by Crippen LogP contribution is 2.32. The average Bonchev–Trinajstić information content (AvgIpc) is 2.75. The van der Waals surface area contributed by atoms with Gasteiger partial charge in [0.15, 0.2) is 0 Å². The van der Waals surface area contributed by atoms with Crippen LogP contribution in [0.4, 0.5) is 5.69 Å². The van der Waals surface area contributed by atoms with Crippen LogP contribution in [0.3, 0.4) is 0 Å². The number of aliphatic hydroxyl groups excluding tert-OH is 1. The first kappa shape index (κ1) is 15.7. The van der Waals surface area contributed by atoms with Crippen LogP contribution in [-0.2, 0) is 0 Å². The van der Waals surface area contributed by atoms with Crippen molar-refractivity contribution in [3.8, 4) is 0 Å². The molecule has 0 spiro atoms. The van der Waals surface area contributed by atoms with Crippen LogP contribution >= 0.6 is 11.3 Å². The summed E-state index contributed by atoms with van der Waals surface area (Å²) in [5, 5.41) is 13.0. The van der Waals surface area contributed by atoms with Crippen molar-refractivity contribution in [3.05, 3.63) is 23.2 Å². The van der Waals surface area contributed by atoms with Gasteiger partial charge in [-0.3, -0.25) is 4.79 Å². The zero-order chi connectivity index (χ0) is 15.6. The van der Waals surface area contributed by atoms with Crippen LogP contribution in [-0.4, -0.2) is 28.6 Å². The summed E-state index contributed by atoms with van der Waals surface area (Å²) in [5.74, 6) is -0.205. The van der Waals surface area contributed by atoms with E-state index in [1.807, 2.05) is 26.8 Å². The number of thiophene rings is 1. The van der Waals surface area contributed by atoms with Gasteiger partial charge in [-0.15, -0.1) is 11.3 Å². The van der Waals surface area contributed by atoms with E-state index in [-0.39, 0.29) is 24.0 Å². The molecule has 1 unspecified atom stereocenters. The zero-order valence-corrected chi connectivity index (χ0v) is 13.3. The Kier molecular flexibility index (Phi) is 4.49. The Morgan fingerprint density at radius 1 is 1.52 bits per heavy atom. The molecular formula is C15H21N3O2S. The van der Waals surface area contributed by atoms with Gasteiger partial charge in [0.05, 0.1) is 5.69 Å². The van der Waals surface area contributed by atoms with Crippen molar-refractivity contribution in [3.63, 3.8) is 0 Å². The second kappa shape index (κ2) is 5.99. The van der Waals surface area contributed by atoms with Crippen molar-refractivity contribution in [2.24, 2.45) is 5.41 Å². The minimum absolute atomic E-state index is 0.0334. The van der Waals surface area contributed by atoms with E-state index in [9.17, 15) is 4.79 Å². The van der Waals surface area contributed by atoms with Gasteiger partial charge in [0.2, 0.25) is 0 Å². The van der Waals surface area contributed by atoms with Crippen LogP contribution in [0.15, 0.2) is 18.3 Å². The molecule has 2 aromatic rings. The number of anilines is 1. The maximum Gasteiger partial charge on any atom is 0.263 e. The number of fused-ring (bicyclic) bond motifs is 1. The molecule has 1 atom stereocenters. The highest BCUT2D eigenvalue weighted by atomic mass is 32.1. The van der Waals surface area contributed by atoms with Crippen LogP contribution in [0, 0.1) is 5.41 Å². The Morgan fingerprint density at radius 3 is 2.81 bits per heavy atom. The fourth-order valence-electron chi connectivity index (χ4n) is 2.19. The highest BCUT2D eigenvalue weighted by molar-refractivity contribution is 7.21. The van der Waals surface area contributed by atoms with Crippen molar-refractivity contribution in [1.29, 1.82) is 0 Å². The minimum Gasteiger partial charge on any atom is -0.397 e. The zero-order valence-electron chi connectivity index (χ0n) is 12.5. The first-order valence-corrected chi connectivity index (χ1v) is 7.71. The first-order valence-electron chi connectivity index (χ1n) is 6.89. The van der Waals surface area contributed by atoms with E-state index in [0.717, 1.165) is 10.2 Å². The molecule has 114 valence electrons. The number of amides is 1. The summed E-state index contributed by atoms with van der Waals surface area (Å²) in [6.07, 6.45) is 2.20. The first-order chi connectivity index (χ1) is 9.84. The molecule has 2 rings (SSSR count). The monoisotopic (exact) mass is 307 g/mol. The van der Waals surface area contributed by atoms with Gasteiger partial charge in [-0.05, 0) is 24.0 Å². The molecular weight excluding hydrogens is 286 g/mol. The molecule has 0 aromatic carbocycles. The lowest BCUT2D eigenvalue weighted by molar-refractivity contribution is 0.0890. The second-order valence-corrected chi connectivity index (χ2v) is 7.10. The maximum atomic E-state index is 12.5. The van der Waals surface area contributed by atoms with Crippen molar-refractivity contribution in [1.82, 2.24) is 10.3 Å². The van der Waals surface area contributed by atoms with E-state index in [4.69, 9.17) is 10.8 Å². The standard InChI is InChI=1S/C15H21N3O2S/c1-15(2,3)10(6-8-19)18-13(20)12-11(16)9-5-4-7-17-14(9)21-12/h4-5,7,10,19H,6,8,16H2,1-3H3,(H,18,20). The normalized spacial score (nSPS) is 13.3. The van der Waals surface area contributed by atoms with E-state index in [1.54, 1.807) is 12.3 Å². The van der Waals surface area contributed by atoms with Crippen molar-refractivity contribution in [2.45, 2.75) is 33.2 Å². The number of carbonyl (C=O) groups excluding carboxylic acids is 1. The Bertz CT molecular complexity index is 646. The molecule has 0 radical (unpaired) electrons. The van der Waals surface area contributed by atoms with E-state index >= 15 is 0 Å². The molecule has 2 heterocycles. The van der Waals surface area contributed by atoms with Gasteiger partial charge in [-0.25, -0.2) is 4.98 Å². The molecule has 0 aliphatic heterocycles. The number of hydrogen-bond donors (Lipinski definition) is 3. The number of aliphatic hydroxyl groups is 1. The van der Waals surface area contributed by atoms with E-state index in [1.165, 1.54) is 11.3 Å². The van der Waals surface area contributed by atoms with Gasteiger partial charge in [0, 0.05) is 24.2 Å². The van der Waals surface area contributed by atoms with Crippen LogP contribution in [0.25, 0.3) is 10.2 Å². The Morgan fingerprint density at radius 2 is 2.24 bits per heavy atom. The smallest absolute Gasteiger partial charge is 0.263 e. The molecule has 0 saturated carbocycles. The number of nitrogens with zero attached hydrogens (tertiary/aromatic N) is 1. The van der Waals surface area contributed by atoms with Crippen molar-refractivity contribution < 1.29 is 9.90 Å². The molecule has 21 heavy (non-hydrogen) atoms. The summed E-state index contributed by atoms with van der Waals surface area (Å²) in [5.41, 5.74) is 6.39. The van der Waals surface area contributed by atoms with Gasteiger partial charge in [0.1, 0.15) is 9.71 Å². The SMILES string of the molecule is CC(C)(C)C(CCO)NC(=O)c1sc2ncccc2c1N. The van der Waals surface area contributed by atoms with E-state index < -0.39 is 0 Å². The molecule has 0 bridgehead atoms. The third-order valence-corrected chi connectivity index (χ3v) is 4.61. The lowest BCUT2D eigenvalue weighted by Crippen LogP contribution is -2.44. The van der Waals surface area contributed by atoms with Gasteiger partial charge in [-0.2, -0.15) is 0 Å². The molecule has 0 fully saturated rings. The topological polar surface area (TPSA) is 88.2 Å². The summed E-state index contributed by atoms with van der Waals surface area (Å²) >= 11 is 1.29. The number of nitrogens with one attached hydrogen (secondary N) is 1. The van der Waals surface area contributed by atoms with E-state index in [2.05, 4.69) is 10.3 Å². The Balaban J connectivity index is 2.27. The molecule has 5 nitrogen and oxygen atoms in total. The van der Waals surface area contributed by atoms with Crippen LogP contribution in [0.1, 0.15) is 36.9 Å². The number of nitrogen functional groups attached to an aromatic ring is 1. The molecule has 0 saturated heterocycles. The number of rotatable bonds is 4. The van der Waals surface area contributed by atoms with Crippen molar-refractivity contribution in [2.75, 3.05) is 12.3 Å². The summed E-state index contributed by atoms with van der Waals surface area (Å²) < 4.78 is 0. The van der Waals surface area contributed by atoms with Gasteiger partial charge in [-0.1, -0.05) is 20.8 Å². The third-order valence-electron chi connectivity index (χ3n) is 3.48. The number of pyridine rings is 1. The largest absolute Gasteiger partial charge is 0.397 e. The lowest BCUT2D eigenvalue weighted by atomic mass is 9.85. The summed E-state index contributed by atoms with van der Waals surface area (Å²) in [7, 11) is 0. The number of aromatic nitrogens is 1. The minimum atomic E-state index is -0.205. The summed E-state index contributed by atoms with van der Waals surface area (Å²) in [6, 6.07) is 3.55. The molecule has 1 amide bonds. The Hall–Kier alpha value is -1.66. The van der Waals surface area contributed by atoms with Crippen molar-refractivity contribution >= 4 is 33.1 Å². The maximum absolute atomic E-state index is 12.5. The fraction of sp³-hybridized carbons (Fsp3) is 0.467. The van der Waals surface area contributed by atoms with Gasteiger partial charge >= 0.3 is 0 Å². The molecule has 4 N–H and O–H groups in total. The lowest BCUT2D eigenvalue weighted by Gasteiger charge is -2.31. The summed E-state index contributed by atoms with van der Waals surface area (Å²) in [6.45, 7) is 6.13. The molecule has 2 aromatic heterocycles. The van der Waals surface area contributed by atoms with Crippen LogP contribution in [0.2, 0.25) is 0 Å². The van der Waals surface area contributed by atoms with Gasteiger partial charge < -0.3 is 16.2 Å². The third kappa shape index (κ3) is 3.33. The number of carbonyl (C=O) groups is 1. The average molecular weight is 307 g/mol. The van der Waals surface area contributed by atoms with Gasteiger partial charge in [0.25, 0.3) is 5.91 Å².